The van der Waals surface area contributed by atoms with Crippen LogP contribution in [0.2, 0.25) is 0 Å². The Morgan fingerprint density at radius 3 is 2.43 bits per heavy atom. The Balaban J connectivity index is 1.68. The van der Waals surface area contributed by atoms with Crippen LogP contribution in [-0.4, -0.2) is 16.0 Å². The Kier molecular flexibility index (Phi) is 3.57. The number of hydrogen-bond donors (Lipinski definition) is 2. The van der Waals surface area contributed by atoms with Gasteiger partial charge in [-0.1, -0.05) is 38.3 Å². The van der Waals surface area contributed by atoms with Crippen LogP contribution in [0.3, 0.4) is 0 Å². The topological polar surface area (TPSA) is 40.5 Å². The van der Waals surface area contributed by atoms with Crippen LogP contribution in [0.1, 0.15) is 78.6 Å². The molecule has 3 fully saturated rings. The average Bonchev–Trinajstić information content (AvgIpc) is 2.84. The van der Waals surface area contributed by atoms with Crippen molar-refractivity contribution in [2.24, 2.45) is 34.5 Å². The van der Waals surface area contributed by atoms with Gasteiger partial charge in [0, 0.05) is 5.92 Å². The third-order valence-corrected chi connectivity index (χ3v) is 8.66. The van der Waals surface area contributed by atoms with Crippen LogP contribution < -0.4 is 0 Å². The average molecular weight is 319 g/mol. The van der Waals surface area contributed by atoms with Gasteiger partial charge in [-0.3, -0.25) is 0 Å². The maximum absolute atomic E-state index is 10.3. The van der Waals surface area contributed by atoms with E-state index in [-0.39, 0.29) is 11.3 Å². The lowest BCUT2D eigenvalue weighted by molar-refractivity contribution is -0.212. The predicted octanol–water partition coefficient (Wildman–Crippen LogP) is 4.66. The second-order valence-electron chi connectivity index (χ2n) is 9.76. The van der Waals surface area contributed by atoms with Gasteiger partial charge in [0.25, 0.3) is 0 Å². The van der Waals surface area contributed by atoms with Crippen molar-refractivity contribution in [1.82, 2.24) is 0 Å². The quantitative estimate of drug-likeness (QED) is 0.545. The van der Waals surface area contributed by atoms with Gasteiger partial charge >= 0.3 is 0 Å². The molecular weight excluding hydrogens is 284 g/mol. The van der Waals surface area contributed by atoms with E-state index < -0.39 is 5.79 Å². The number of allylic oxidation sites excluding steroid dienone is 2. The highest BCUT2D eigenvalue weighted by Crippen LogP contribution is 2.66. The molecule has 0 spiro atoms. The molecule has 130 valence electrons. The van der Waals surface area contributed by atoms with Crippen molar-refractivity contribution in [2.45, 2.75) is 84.3 Å². The number of hydrogen-bond acceptors (Lipinski definition) is 2. The van der Waals surface area contributed by atoms with Gasteiger partial charge in [-0.25, -0.2) is 0 Å². The lowest BCUT2D eigenvalue weighted by atomic mass is 9.48. The van der Waals surface area contributed by atoms with Crippen LogP contribution in [0, 0.1) is 34.5 Å². The van der Waals surface area contributed by atoms with Crippen LogP contribution in [0.4, 0.5) is 0 Å². The van der Waals surface area contributed by atoms with Crippen LogP contribution in [0.5, 0.6) is 0 Å². The molecule has 0 aromatic carbocycles. The molecule has 0 saturated heterocycles. The van der Waals surface area contributed by atoms with E-state index in [4.69, 9.17) is 0 Å². The van der Waals surface area contributed by atoms with Crippen molar-refractivity contribution in [2.75, 3.05) is 0 Å². The van der Waals surface area contributed by atoms with Crippen LogP contribution in [-0.2, 0) is 0 Å². The summed E-state index contributed by atoms with van der Waals surface area (Å²) in [5.74, 6) is 0.751. The van der Waals surface area contributed by atoms with E-state index in [1.165, 1.54) is 44.9 Å². The molecule has 6 atom stereocenters. The molecular formula is C21H34O2. The molecule has 2 unspecified atom stereocenters. The minimum absolute atomic E-state index is 0.0266. The second-order valence-corrected chi connectivity index (χ2v) is 9.76. The van der Waals surface area contributed by atoms with E-state index in [2.05, 4.69) is 19.9 Å². The van der Waals surface area contributed by atoms with Crippen molar-refractivity contribution in [3.8, 4) is 0 Å². The first-order valence-corrected chi connectivity index (χ1v) is 9.91. The fourth-order valence-corrected chi connectivity index (χ4v) is 7.44. The van der Waals surface area contributed by atoms with E-state index in [9.17, 15) is 10.2 Å². The monoisotopic (exact) mass is 318 g/mol. The first-order valence-electron chi connectivity index (χ1n) is 9.91. The third kappa shape index (κ3) is 2.20. The van der Waals surface area contributed by atoms with Gasteiger partial charge in [0.2, 0.25) is 0 Å². The third-order valence-electron chi connectivity index (χ3n) is 8.66. The Hall–Kier alpha value is -0.340. The molecule has 0 aromatic heterocycles. The summed E-state index contributed by atoms with van der Waals surface area (Å²) in [6.45, 7) is 6.52. The van der Waals surface area contributed by atoms with Crippen LogP contribution in [0.15, 0.2) is 11.6 Å². The summed E-state index contributed by atoms with van der Waals surface area (Å²) < 4.78 is 0. The smallest absolute Gasteiger partial charge is 0.163 e. The Labute approximate surface area is 141 Å². The van der Waals surface area contributed by atoms with Crippen molar-refractivity contribution >= 4 is 0 Å². The maximum atomic E-state index is 10.3. The summed E-state index contributed by atoms with van der Waals surface area (Å²) in [4.78, 5) is 0. The highest BCUT2D eigenvalue weighted by atomic mass is 16.5. The predicted molar refractivity (Wildman–Crippen MR) is 92.7 cm³/mol. The van der Waals surface area contributed by atoms with Gasteiger partial charge in [-0.2, -0.15) is 0 Å². The summed E-state index contributed by atoms with van der Waals surface area (Å²) in [5.41, 5.74) is 2.31. The lowest BCUT2D eigenvalue weighted by Crippen LogP contribution is -2.50. The van der Waals surface area contributed by atoms with E-state index in [1.54, 1.807) is 12.5 Å². The first-order chi connectivity index (χ1) is 10.8. The summed E-state index contributed by atoms with van der Waals surface area (Å²) in [7, 11) is 0. The van der Waals surface area contributed by atoms with E-state index in [0.29, 0.717) is 11.3 Å². The van der Waals surface area contributed by atoms with Crippen molar-refractivity contribution < 1.29 is 10.2 Å². The summed E-state index contributed by atoms with van der Waals surface area (Å²) in [6, 6.07) is 0. The van der Waals surface area contributed by atoms with Crippen LogP contribution >= 0.6 is 0 Å². The molecule has 0 amide bonds. The molecule has 0 heterocycles. The normalized spacial score (nSPS) is 49.9. The minimum atomic E-state index is -1.52. The molecule has 3 saturated carbocycles. The van der Waals surface area contributed by atoms with Crippen molar-refractivity contribution in [3.05, 3.63) is 11.6 Å². The molecule has 0 bridgehead atoms. The summed E-state index contributed by atoms with van der Waals surface area (Å²) >= 11 is 0. The molecule has 0 aromatic rings. The van der Waals surface area contributed by atoms with Gasteiger partial charge < -0.3 is 10.2 Å². The standard InChI is InChI=1S/C21H34O2/c1-19-12-5-4-6-14(19)7-8-15-16-9-10-18(21(3,22)23)20(16,2)13-11-17(15)19/h8,14,16-18,22-23H,4-7,9-13H2,1-3H3/t14?,16-,17-,18?,19-,20-/m0/s1. The van der Waals surface area contributed by atoms with Crippen molar-refractivity contribution in [3.63, 3.8) is 0 Å². The molecule has 4 aliphatic rings. The largest absolute Gasteiger partial charge is 0.366 e. The number of fused-ring (bicyclic) bond motifs is 5. The number of aliphatic hydroxyl groups is 2. The Bertz CT molecular complexity index is 516. The maximum Gasteiger partial charge on any atom is 0.163 e. The zero-order valence-electron chi connectivity index (χ0n) is 15.1. The molecule has 2 heteroatoms. The lowest BCUT2D eigenvalue weighted by Gasteiger charge is -2.57. The first kappa shape index (κ1) is 16.1. The zero-order valence-corrected chi connectivity index (χ0v) is 15.1. The highest BCUT2D eigenvalue weighted by molar-refractivity contribution is 5.27. The van der Waals surface area contributed by atoms with Gasteiger partial charge in [0.1, 0.15) is 0 Å². The van der Waals surface area contributed by atoms with Gasteiger partial charge in [0.15, 0.2) is 5.79 Å². The zero-order chi connectivity index (χ0) is 16.5. The molecule has 23 heavy (non-hydrogen) atoms. The molecule has 4 aliphatic carbocycles. The minimum Gasteiger partial charge on any atom is -0.366 e. The van der Waals surface area contributed by atoms with Crippen LogP contribution in [0.25, 0.3) is 0 Å². The van der Waals surface area contributed by atoms with Crippen molar-refractivity contribution in [1.29, 1.82) is 0 Å². The van der Waals surface area contributed by atoms with E-state index >= 15 is 0 Å². The summed E-state index contributed by atoms with van der Waals surface area (Å²) in [5, 5.41) is 20.6. The molecule has 0 radical (unpaired) electrons. The number of rotatable bonds is 1. The van der Waals surface area contributed by atoms with E-state index in [1.807, 2.05) is 0 Å². The Morgan fingerprint density at radius 2 is 1.70 bits per heavy atom. The van der Waals surface area contributed by atoms with Gasteiger partial charge in [0.05, 0.1) is 0 Å². The summed E-state index contributed by atoms with van der Waals surface area (Å²) in [6.07, 6.45) is 14.1. The van der Waals surface area contributed by atoms with Gasteiger partial charge in [-0.15, -0.1) is 0 Å². The molecule has 2 N–H and O–H groups in total. The Morgan fingerprint density at radius 1 is 0.957 bits per heavy atom. The fraction of sp³-hybridized carbons (Fsp3) is 0.905. The SMILES string of the molecule is CC(O)(O)C1CC[C@H]2C3=CCC4CCCC[C@]4(C)[C@H]3CC[C@]12C. The molecule has 0 aliphatic heterocycles. The molecule has 2 nitrogen and oxygen atoms in total. The van der Waals surface area contributed by atoms with E-state index in [0.717, 1.165) is 24.7 Å². The highest BCUT2D eigenvalue weighted by Gasteiger charge is 2.59. The molecule has 4 rings (SSSR count). The second kappa shape index (κ2) is 5.08. The van der Waals surface area contributed by atoms with Gasteiger partial charge in [-0.05, 0) is 80.5 Å². The fourth-order valence-electron chi connectivity index (χ4n) is 7.44.